The Morgan fingerprint density at radius 2 is 1.89 bits per heavy atom. The van der Waals surface area contributed by atoms with E-state index in [2.05, 4.69) is 49.5 Å². The molecule has 1 aliphatic rings. The number of benzene rings is 2. The molecule has 0 bridgehead atoms. The van der Waals surface area contributed by atoms with E-state index < -0.39 is 0 Å². The van der Waals surface area contributed by atoms with Crippen LogP contribution in [-0.4, -0.2) is 22.9 Å². The van der Waals surface area contributed by atoms with Crippen LogP contribution in [-0.2, 0) is 16.6 Å². The number of esters is 1. The van der Waals surface area contributed by atoms with Crippen molar-refractivity contribution in [2.24, 2.45) is 7.05 Å². The van der Waals surface area contributed by atoms with E-state index in [1.54, 1.807) is 0 Å². The van der Waals surface area contributed by atoms with Crippen molar-refractivity contribution in [2.45, 2.75) is 32.6 Å². The topological polar surface area (TPSA) is 56.1 Å². The van der Waals surface area contributed by atoms with E-state index >= 15 is 0 Å². The number of rotatable bonds is 3. The average molecular weight is 375 g/mol. The minimum absolute atomic E-state index is 0.228. The number of allylic oxidation sites excluding steroid dienone is 1. The van der Waals surface area contributed by atoms with Gasteiger partial charge in [-0.05, 0) is 29.2 Å². The molecule has 2 heterocycles. The maximum absolute atomic E-state index is 12.8. The fourth-order valence-electron chi connectivity index (χ4n) is 4.22. The van der Waals surface area contributed by atoms with Gasteiger partial charge in [0.05, 0.1) is 18.4 Å². The van der Waals surface area contributed by atoms with E-state index in [0.29, 0.717) is 5.57 Å². The normalized spacial score (nSPS) is 16.3. The van der Waals surface area contributed by atoms with E-state index in [1.807, 2.05) is 30.8 Å². The Morgan fingerprint density at radius 3 is 2.61 bits per heavy atom. The van der Waals surface area contributed by atoms with Gasteiger partial charge in [-0.25, -0.2) is 4.79 Å². The summed E-state index contributed by atoms with van der Waals surface area (Å²) in [7, 11) is 3.37. The molecule has 5 heteroatoms. The van der Waals surface area contributed by atoms with Crippen LogP contribution in [0, 0.1) is 0 Å². The summed E-state index contributed by atoms with van der Waals surface area (Å²) in [6.45, 7) is 6.19. The number of aromatic nitrogens is 2. The summed E-state index contributed by atoms with van der Waals surface area (Å²) in [5, 5.41) is 10.5. The number of methoxy groups -OCH3 is 1. The predicted molar refractivity (Wildman–Crippen MR) is 111 cm³/mol. The van der Waals surface area contributed by atoms with Gasteiger partial charge in [-0.1, -0.05) is 56.3 Å². The molecule has 0 fully saturated rings. The number of carbonyl (C=O) groups is 1. The fourth-order valence-corrected chi connectivity index (χ4v) is 4.22. The lowest BCUT2D eigenvalue weighted by Gasteiger charge is -2.29. The summed E-state index contributed by atoms with van der Waals surface area (Å²) in [4.78, 5) is 12.8. The Labute approximate surface area is 165 Å². The second-order valence-electron chi connectivity index (χ2n) is 7.58. The minimum Gasteiger partial charge on any atom is -0.466 e. The van der Waals surface area contributed by atoms with Crippen LogP contribution in [0.1, 0.15) is 49.4 Å². The van der Waals surface area contributed by atoms with Gasteiger partial charge < -0.3 is 10.1 Å². The zero-order chi connectivity index (χ0) is 20.0. The molecule has 0 spiro atoms. The molecular weight excluding hydrogens is 350 g/mol. The highest BCUT2D eigenvalue weighted by atomic mass is 16.5. The smallest absolute Gasteiger partial charge is 0.336 e. The Kier molecular flexibility index (Phi) is 4.46. The SMILES string of the molecule is COC(=O)C1=C(C)Nc2c(c(C(C)C)nn2C)C1c1cccc2ccccc12. The second kappa shape index (κ2) is 6.82. The number of nitrogens with zero attached hydrogens (tertiary/aromatic N) is 2. The van der Waals surface area contributed by atoms with Crippen LogP contribution in [0.3, 0.4) is 0 Å². The summed E-state index contributed by atoms with van der Waals surface area (Å²) in [6.07, 6.45) is 0. The maximum Gasteiger partial charge on any atom is 0.336 e. The highest BCUT2D eigenvalue weighted by molar-refractivity contribution is 5.97. The monoisotopic (exact) mass is 375 g/mol. The average Bonchev–Trinajstić information content (AvgIpc) is 3.02. The number of fused-ring (bicyclic) bond motifs is 2. The van der Waals surface area contributed by atoms with Crippen LogP contribution in [0.2, 0.25) is 0 Å². The van der Waals surface area contributed by atoms with Gasteiger partial charge in [0.25, 0.3) is 0 Å². The largest absolute Gasteiger partial charge is 0.466 e. The molecule has 5 nitrogen and oxygen atoms in total. The third kappa shape index (κ3) is 2.70. The summed E-state index contributed by atoms with van der Waals surface area (Å²) < 4.78 is 7.06. The van der Waals surface area contributed by atoms with Crippen molar-refractivity contribution in [3.63, 3.8) is 0 Å². The zero-order valence-corrected chi connectivity index (χ0v) is 16.9. The van der Waals surface area contributed by atoms with Crippen molar-refractivity contribution < 1.29 is 9.53 Å². The molecule has 0 saturated heterocycles. The molecule has 0 aliphatic carbocycles. The number of aryl methyl sites for hydroxylation is 1. The van der Waals surface area contributed by atoms with E-state index in [-0.39, 0.29) is 17.8 Å². The maximum atomic E-state index is 12.8. The number of nitrogens with one attached hydrogen (secondary N) is 1. The summed E-state index contributed by atoms with van der Waals surface area (Å²) >= 11 is 0. The first-order valence-electron chi connectivity index (χ1n) is 9.54. The lowest BCUT2D eigenvalue weighted by atomic mass is 9.78. The van der Waals surface area contributed by atoms with Crippen LogP contribution in [0.25, 0.3) is 10.8 Å². The molecular formula is C23H25N3O2. The number of anilines is 1. The Bertz CT molecular complexity index is 1100. The Morgan fingerprint density at radius 1 is 1.18 bits per heavy atom. The zero-order valence-electron chi connectivity index (χ0n) is 16.9. The molecule has 1 atom stereocenters. The summed E-state index contributed by atoms with van der Waals surface area (Å²) in [5.41, 5.74) is 4.59. The molecule has 1 N–H and O–H groups in total. The first kappa shape index (κ1) is 18.3. The predicted octanol–water partition coefficient (Wildman–Crippen LogP) is 4.70. The van der Waals surface area contributed by atoms with Gasteiger partial charge in [0.15, 0.2) is 0 Å². The van der Waals surface area contributed by atoms with Gasteiger partial charge in [0.1, 0.15) is 5.82 Å². The molecule has 1 aliphatic heterocycles. The molecule has 3 aromatic rings. The quantitative estimate of drug-likeness (QED) is 0.674. The molecule has 0 amide bonds. The lowest BCUT2D eigenvalue weighted by molar-refractivity contribution is -0.136. The summed E-state index contributed by atoms with van der Waals surface area (Å²) in [6, 6.07) is 14.5. The van der Waals surface area contributed by atoms with Crippen LogP contribution in [0.15, 0.2) is 53.7 Å². The van der Waals surface area contributed by atoms with Gasteiger partial charge >= 0.3 is 5.97 Å². The molecule has 1 aromatic heterocycles. The van der Waals surface area contributed by atoms with Crippen molar-refractivity contribution >= 4 is 22.6 Å². The Hall–Kier alpha value is -3.08. The van der Waals surface area contributed by atoms with Crippen molar-refractivity contribution in [1.29, 1.82) is 0 Å². The second-order valence-corrected chi connectivity index (χ2v) is 7.58. The third-order valence-electron chi connectivity index (χ3n) is 5.49. The lowest BCUT2D eigenvalue weighted by Crippen LogP contribution is -2.25. The molecule has 4 rings (SSSR count). The Balaban J connectivity index is 2.08. The number of hydrogen-bond donors (Lipinski definition) is 1. The van der Waals surface area contributed by atoms with Gasteiger partial charge in [-0.15, -0.1) is 0 Å². The molecule has 1 unspecified atom stereocenters. The van der Waals surface area contributed by atoms with Crippen LogP contribution in [0.5, 0.6) is 0 Å². The van der Waals surface area contributed by atoms with E-state index in [0.717, 1.165) is 39.1 Å². The van der Waals surface area contributed by atoms with Crippen molar-refractivity contribution in [1.82, 2.24) is 9.78 Å². The third-order valence-corrected chi connectivity index (χ3v) is 5.49. The van der Waals surface area contributed by atoms with Crippen molar-refractivity contribution in [2.75, 3.05) is 12.4 Å². The fraction of sp³-hybridized carbons (Fsp3) is 0.304. The molecule has 0 saturated carbocycles. The van der Waals surface area contributed by atoms with Crippen LogP contribution in [0.4, 0.5) is 5.82 Å². The molecule has 28 heavy (non-hydrogen) atoms. The molecule has 0 radical (unpaired) electrons. The standard InChI is InChI=1S/C23H25N3O2/c1-13(2)21-20-19(17-12-8-10-15-9-6-7-11-16(15)17)18(23(27)28-5)14(3)24-22(20)26(4)25-21/h6-13,19,24H,1-5H3. The minimum atomic E-state index is -0.313. The van der Waals surface area contributed by atoms with Crippen molar-refractivity contribution in [3.05, 3.63) is 70.6 Å². The van der Waals surface area contributed by atoms with E-state index in [9.17, 15) is 4.79 Å². The highest BCUT2D eigenvalue weighted by Crippen LogP contribution is 2.46. The van der Waals surface area contributed by atoms with Gasteiger partial charge in [-0.3, -0.25) is 4.68 Å². The number of hydrogen-bond acceptors (Lipinski definition) is 4. The van der Waals surface area contributed by atoms with E-state index in [4.69, 9.17) is 9.84 Å². The van der Waals surface area contributed by atoms with Gasteiger partial charge in [0, 0.05) is 24.2 Å². The molecule has 144 valence electrons. The number of ether oxygens (including phenoxy) is 1. The number of carbonyl (C=O) groups excluding carboxylic acids is 1. The van der Waals surface area contributed by atoms with Gasteiger partial charge in [0.2, 0.25) is 0 Å². The van der Waals surface area contributed by atoms with Crippen LogP contribution >= 0.6 is 0 Å². The van der Waals surface area contributed by atoms with Gasteiger partial charge in [-0.2, -0.15) is 5.10 Å². The van der Waals surface area contributed by atoms with Crippen LogP contribution < -0.4 is 5.32 Å². The highest BCUT2D eigenvalue weighted by Gasteiger charge is 2.38. The van der Waals surface area contributed by atoms with Crippen molar-refractivity contribution in [3.8, 4) is 0 Å². The first-order valence-corrected chi connectivity index (χ1v) is 9.54. The molecule has 2 aromatic carbocycles. The first-order chi connectivity index (χ1) is 13.4. The van der Waals surface area contributed by atoms with E-state index in [1.165, 1.54) is 7.11 Å². The summed E-state index contributed by atoms with van der Waals surface area (Å²) in [5.74, 6) is 0.617.